The molecular weight excluding hydrogens is 401 g/mol. The van der Waals surface area contributed by atoms with Crippen LogP contribution >= 0.6 is 0 Å². The van der Waals surface area contributed by atoms with E-state index in [1.807, 2.05) is 47.9 Å². The number of hydrogen-bond acceptors (Lipinski definition) is 3. The van der Waals surface area contributed by atoms with Crippen LogP contribution in [0.2, 0.25) is 0 Å². The quantitative estimate of drug-likeness (QED) is 0.480. The Morgan fingerprint density at radius 2 is 1.67 bits per heavy atom. The molecule has 4 rings (SSSR count). The van der Waals surface area contributed by atoms with Gasteiger partial charge in [-0.25, -0.2) is 22.5 Å². The number of imidazole rings is 1. The molecule has 0 saturated heterocycles. The molecule has 1 aromatic heterocycles. The molecule has 154 valence electrons. The number of fused-ring (bicyclic) bond motifs is 1. The second-order valence-corrected chi connectivity index (χ2v) is 8.68. The molecule has 0 aliphatic heterocycles. The lowest BCUT2D eigenvalue weighted by Crippen LogP contribution is -2.28. The highest BCUT2D eigenvalue weighted by Crippen LogP contribution is 2.25. The van der Waals surface area contributed by atoms with Gasteiger partial charge in [0.15, 0.2) is 0 Å². The topological polar surface area (TPSA) is 64.0 Å². The first-order valence-corrected chi connectivity index (χ1v) is 11.3. The van der Waals surface area contributed by atoms with E-state index in [0.717, 1.165) is 22.2 Å². The van der Waals surface area contributed by atoms with Crippen LogP contribution in [0.5, 0.6) is 0 Å². The number of nitrogens with one attached hydrogen (secondary N) is 1. The fraction of sp³-hybridized carbons (Fsp3) is 0.174. The second-order valence-electron chi connectivity index (χ2n) is 6.94. The summed E-state index contributed by atoms with van der Waals surface area (Å²) in [5.41, 5.74) is 3.25. The molecule has 4 aromatic rings. The highest BCUT2D eigenvalue weighted by atomic mass is 32.2. The van der Waals surface area contributed by atoms with Crippen LogP contribution < -0.4 is 4.72 Å². The zero-order chi connectivity index (χ0) is 21.1. The van der Waals surface area contributed by atoms with E-state index in [-0.39, 0.29) is 12.4 Å². The summed E-state index contributed by atoms with van der Waals surface area (Å²) in [5, 5.41) is 0. The van der Waals surface area contributed by atoms with Crippen molar-refractivity contribution in [1.82, 2.24) is 14.3 Å². The summed E-state index contributed by atoms with van der Waals surface area (Å²) in [6, 6.07) is 20.8. The van der Waals surface area contributed by atoms with Crippen molar-refractivity contribution in [2.45, 2.75) is 24.8 Å². The molecule has 0 aliphatic carbocycles. The maximum absolute atomic E-state index is 13.4. The zero-order valence-corrected chi connectivity index (χ0v) is 17.4. The summed E-state index contributed by atoms with van der Waals surface area (Å²) in [6.45, 7) is 2.52. The third-order valence-electron chi connectivity index (χ3n) is 5.03. The van der Waals surface area contributed by atoms with Gasteiger partial charge in [0.25, 0.3) is 0 Å². The number of benzene rings is 3. The Kier molecular flexibility index (Phi) is 5.65. The standard InChI is InChI=1S/C23H22FN3O2S/c1-2-17-7-3-6-10-22(17)30(28,29)25-15-16-27-21-9-5-4-8-20(21)26-23(27)18-11-13-19(24)14-12-18/h3-14,25H,2,15-16H2,1H3. The minimum Gasteiger partial charge on any atom is -0.323 e. The van der Waals surface area contributed by atoms with Crippen molar-refractivity contribution in [3.63, 3.8) is 0 Å². The Morgan fingerprint density at radius 1 is 0.967 bits per heavy atom. The fourth-order valence-corrected chi connectivity index (χ4v) is 4.88. The summed E-state index contributed by atoms with van der Waals surface area (Å²) < 4.78 is 43.7. The molecule has 0 fully saturated rings. The lowest BCUT2D eigenvalue weighted by atomic mass is 10.2. The van der Waals surface area contributed by atoms with Crippen LogP contribution in [0.15, 0.2) is 77.7 Å². The maximum atomic E-state index is 13.4. The van der Waals surface area contributed by atoms with Gasteiger partial charge < -0.3 is 4.57 Å². The van der Waals surface area contributed by atoms with Gasteiger partial charge in [0.05, 0.1) is 15.9 Å². The normalized spacial score (nSPS) is 11.8. The number of nitrogens with zero attached hydrogens (tertiary/aromatic N) is 2. The van der Waals surface area contributed by atoms with Crippen LogP contribution in [0, 0.1) is 5.82 Å². The van der Waals surface area contributed by atoms with Crippen molar-refractivity contribution in [2.75, 3.05) is 6.54 Å². The predicted molar refractivity (Wildman–Crippen MR) is 116 cm³/mol. The fourth-order valence-electron chi connectivity index (χ4n) is 3.55. The van der Waals surface area contributed by atoms with Gasteiger partial charge in [-0.05, 0) is 54.4 Å². The highest BCUT2D eigenvalue weighted by molar-refractivity contribution is 7.89. The average molecular weight is 424 g/mol. The molecule has 0 spiro atoms. The van der Waals surface area contributed by atoms with E-state index in [1.165, 1.54) is 12.1 Å². The molecule has 0 radical (unpaired) electrons. The van der Waals surface area contributed by atoms with Crippen molar-refractivity contribution in [1.29, 1.82) is 0 Å². The third-order valence-corrected chi connectivity index (χ3v) is 6.59. The first kappa shape index (κ1) is 20.3. The van der Waals surface area contributed by atoms with Crippen LogP contribution in [0.4, 0.5) is 4.39 Å². The van der Waals surface area contributed by atoms with Crippen molar-refractivity contribution >= 4 is 21.1 Å². The van der Waals surface area contributed by atoms with Gasteiger partial charge in [-0.1, -0.05) is 37.3 Å². The largest absolute Gasteiger partial charge is 0.323 e. The van der Waals surface area contributed by atoms with Crippen LogP contribution in [-0.2, 0) is 23.0 Å². The van der Waals surface area contributed by atoms with E-state index < -0.39 is 10.0 Å². The number of aryl methyl sites for hydroxylation is 1. The lowest BCUT2D eigenvalue weighted by Gasteiger charge is -2.13. The Balaban J connectivity index is 1.62. The molecule has 30 heavy (non-hydrogen) atoms. The van der Waals surface area contributed by atoms with Crippen molar-refractivity contribution in [3.8, 4) is 11.4 Å². The van der Waals surface area contributed by atoms with E-state index in [9.17, 15) is 12.8 Å². The molecule has 0 saturated carbocycles. The average Bonchev–Trinajstić information content (AvgIpc) is 3.13. The zero-order valence-electron chi connectivity index (χ0n) is 16.5. The minimum absolute atomic E-state index is 0.203. The van der Waals surface area contributed by atoms with Crippen molar-refractivity contribution in [2.24, 2.45) is 0 Å². The second kappa shape index (κ2) is 8.38. The number of sulfonamides is 1. The summed E-state index contributed by atoms with van der Waals surface area (Å²) >= 11 is 0. The van der Waals surface area contributed by atoms with Gasteiger partial charge in [0.1, 0.15) is 11.6 Å². The van der Waals surface area contributed by atoms with Gasteiger partial charge >= 0.3 is 0 Å². The van der Waals surface area contributed by atoms with E-state index in [2.05, 4.69) is 9.71 Å². The Bertz CT molecular complexity index is 1280. The molecule has 0 unspecified atom stereocenters. The summed E-state index contributed by atoms with van der Waals surface area (Å²) in [4.78, 5) is 4.98. The first-order valence-electron chi connectivity index (χ1n) is 9.78. The van der Waals surface area contributed by atoms with Crippen LogP contribution in [-0.4, -0.2) is 24.5 Å². The maximum Gasteiger partial charge on any atom is 0.240 e. The summed E-state index contributed by atoms with van der Waals surface area (Å²) in [7, 11) is -3.63. The molecule has 7 heteroatoms. The monoisotopic (exact) mass is 423 g/mol. The molecule has 0 amide bonds. The SMILES string of the molecule is CCc1ccccc1S(=O)(=O)NCCn1c(-c2ccc(F)cc2)nc2ccccc21. The first-order chi connectivity index (χ1) is 14.5. The van der Waals surface area contributed by atoms with Gasteiger partial charge in [-0.15, -0.1) is 0 Å². The molecule has 5 nitrogen and oxygen atoms in total. The molecule has 0 atom stereocenters. The number of hydrogen-bond donors (Lipinski definition) is 1. The van der Waals surface area contributed by atoms with Crippen molar-refractivity contribution in [3.05, 3.63) is 84.2 Å². The van der Waals surface area contributed by atoms with Crippen LogP contribution in [0.1, 0.15) is 12.5 Å². The predicted octanol–water partition coefficient (Wildman–Crippen LogP) is 4.38. The van der Waals surface area contributed by atoms with Gasteiger partial charge in [-0.2, -0.15) is 0 Å². The molecule has 1 heterocycles. The van der Waals surface area contributed by atoms with Crippen molar-refractivity contribution < 1.29 is 12.8 Å². The minimum atomic E-state index is -3.63. The van der Waals surface area contributed by atoms with E-state index >= 15 is 0 Å². The third kappa shape index (κ3) is 3.99. The Labute approximate surface area is 175 Å². The van der Waals surface area contributed by atoms with E-state index in [4.69, 9.17) is 0 Å². The number of rotatable bonds is 7. The van der Waals surface area contributed by atoms with Gasteiger partial charge in [0.2, 0.25) is 10.0 Å². The molecule has 3 aromatic carbocycles. The van der Waals surface area contributed by atoms with Crippen LogP contribution in [0.25, 0.3) is 22.4 Å². The number of halogens is 1. The Hall–Kier alpha value is -3.03. The molecular formula is C23H22FN3O2S. The summed E-state index contributed by atoms with van der Waals surface area (Å²) in [5.74, 6) is 0.355. The molecule has 0 bridgehead atoms. The van der Waals surface area contributed by atoms with E-state index in [1.54, 1.807) is 24.3 Å². The molecule has 0 aliphatic rings. The number of aromatic nitrogens is 2. The summed E-state index contributed by atoms with van der Waals surface area (Å²) in [6.07, 6.45) is 0.637. The Morgan fingerprint density at radius 3 is 2.43 bits per heavy atom. The molecule has 1 N–H and O–H groups in total. The highest BCUT2D eigenvalue weighted by Gasteiger charge is 2.18. The van der Waals surface area contributed by atoms with Gasteiger partial charge in [-0.3, -0.25) is 0 Å². The lowest BCUT2D eigenvalue weighted by molar-refractivity contribution is 0.573. The van der Waals surface area contributed by atoms with E-state index in [0.29, 0.717) is 23.7 Å². The van der Waals surface area contributed by atoms with Gasteiger partial charge in [0, 0.05) is 18.7 Å². The number of para-hydroxylation sites is 2. The van der Waals surface area contributed by atoms with Crippen LogP contribution in [0.3, 0.4) is 0 Å². The smallest absolute Gasteiger partial charge is 0.240 e.